The van der Waals surface area contributed by atoms with Gasteiger partial charge in [-0.05, 0) is 46.7 Å². The van der Waals surface area contributed by atoms with Gasteiger partial charge in [-0.2, -0.15) is 0 Å². The van der Waals surface area contributed by atoms with Crippen molar-refractivity contribution in [3.63, 3.8) is 0 Å². The predicted octanol–water partition coefficient (Wildman–Crippen LogP) is 11.4. The lowest BCUT2D eigenvalue weighted by Gasteiger charge is -2.12. The third-order valence-corrected chi connectivity index (χ3v) is 9.17. The van der Waals surface area contributed by atoms with Crippen LogP contribution >= 0.6 is 0 Å². The normalized spacial score (nSPS) is 11.6. The first kappa shape index (κ1) is 28.1. The molecule has 3 heterocycles. The quantitative estimate of drug-likeness (QED) is 0.186. The van der Waals surface area contributed by atoms with E-state index in [9.17, 15) is 0 Å². The Morgan fingerprint density at radius 3 is 1.84 bits per heavy atom. The van der Waals surface area contributed by atoms with Crippen LogP contribution in [0.4, 0.5) is 0 Å². The number of rotatable bonds is 5. The van der Waals surface area contributed by atoms with Gasteiger partial charge < -0.3 is 8.83 Å². The molecular weight excluding hydrogens is 617 g/mol. The summed E-state index contributed by atoms with van der Waals surface area (Å²) >= 11 is 0. The van der Waals surface area contributed by atoms with Crippen LogP contribution in [0.5, 0.6) is 0 Å². The standard InChI is InChI=1S/C44H26N4O2/c1-3-13-28(14-4-1)41-46-42(31-23-22-27-12-7-8-17-30(27)26-31)48-43(47-41)34-19-10-9-18-32(34)33-20-11-21-35-38-36(49-40(33)35)24-25-37-39(38)45-44(50-37)29-15-5-2-6-16-29/h1-26H. The molecule has 0 aliphatic rings. The summed E-state index contributed by atoms with van der Waals surface area (Å²) in [4.78, 5) is 20.1. The Balaban J connectivity index is 1.17. The summed E-state index contributed by atoms with van der Waals surface area (Å²) in [6.45, 7) is 0. The molecule has 0 spiro atoms. The summed E-state index contributed by atoms with van der Waals surface area (Å²) in [6.07, 6.45) is 0. The number of para-hydroxylation sites is 1. The number of benzene rings is 7. The second-order valence-electron chi connectivity index (χ2n) is 12.2. The van der Waals surface area contributed by atoms with Crippen LogP contribution in [0.3, 0.4) is 0 Å². The van der Waals surface area contributed by atoms with Crippen LogP contribution in [0, 0.1) is 0 Å². The third kappa shape index (κ3) is 4.65. The summed E-state index contributed by atoms with van der Waals surface area (Å²) in [6, 6.07) is 53.0. The first-order chi connectivity index (χ1) is 24.8. The fraction of sp³-hybridized carbons (Fsp3) is 0. The number of hydrogen-bond acceptors (Lipinski definition) is 6. The van der Waals surface area contributed by atoms with E-state index in [0.717, 1.165) is 71.6 Å². The highest BCUT2D eigenvalue weighted by atomic mass is 16.4. The summed E-state index contributed by atoms with van der Waals surface area (Å²) < 4.78 is 12.9. The maximum atomic E-state index is 6.64. The molecule has 0 bridgehead atoms. The zero-order valence-electron chi connectivity index (χ0n) is 26.6. The second-order valence-corrected chi connectivity index (χ2v) is 12.2. The molecule has 3 aromatic heterocycles. The molecule has 6 heteroatoms. The first-order valence-electron chi connectivity index (χ1n) is 16.5. The Kier molecular flexibility index (Phi) is 6.39. The molecule has 50 heavy (non-hydrogen) atoms. The molecule has 10 rings (SSSR count). The molecule has 0 aliphatic heterocycles. The molecule has 0 unspecified atom stereocenters. The predicted molar refractivity (Wildman–Crippen MR) is 199 cm³/mol. The molecule has 0 aliphatic carbocycles. The SMILES string of the molecule is c1ccc(-c2nc(-c3ccc4ccccc4c3)nc(-c3ccccc3-c3cccc4c3oc3ccc5oc(-c6ccccc6)nc5c34)n2)cc1. The van der Waals surface area contributed by atoms with E-state index >= 15 is 0 Å². The Morgan fingerprint density at radius 1 is 0.380 bits per heavy atom. The van der Waals surface area contributed by atoms with Crippen LogP contribution < -0.4 is 0 Å². The van der Waals surface area contributed by atoms with E-state index in [1.165, 1.54) is 0 Å². The number of furan rings is 1. The van der Waals surface area contributed by atoms with Crippen molar-refractivity contribution in [2.45, 2.75) is 0 Å². The van der Waals surface area contributed by atoms with Crippen molar-refractivity contribution in [1.82, 2.24) is 19.9 Å². The Hall–Kier alpha value is -6.92. The number of oxazole rings is 1. The molecule has 0 fully saturated rings. The Labute approximate surface area is 286 Å². The van der Waals surface area contributed by atoms with Gasteiger partial charge in [-0.3, -0.25) is 0 Å². The van der Waals surface area contributed by atoms with Crippen LogP contribution in [-0.2, 0) is 0 Å². The molecule has 0 saturated carbocycles. The van der Waals surface area contributed by atoms with E-state index in [4.69, 9.17) is 28.8 Å². The van der Waals surface area contributed by atoms with Crippen molar-refractivity contribution >= 4 is 43.8 Å². The monoisotopic (exact) mass is 642 g/mol. The smallest absolute Gasteiger partial charge is 0.227 e. The molecule has 234 valence electrons. The minimum Gasteiger partial charge on any atom is -0.455 e. The lowest BCUT2D eigenvalue weighted by molar-refractivity contribution is 0.619. The summed E-state index contributed by atoms with van der Waals surface area (Å²) in [7, 11) is 0. The molecular formula is C44H26N4O2. The lowest BCUT2D eigenvalue weighted by Crippen LogP contribution is -2.01. The molecule has 0 radical (unpaired) electrons. The van der Waals surface area contributed by atoms with Crippen LogP contribution in [0.25, 0.3) is 101 Å². The average molecular weight is 643 g/mol. The van der Waals surface area contributed by atoms with Crippen LogP contribution in [0.2, 0.25) is 0 Å². The van der Waals surface area contributed by atoms with Crippen molar-refractivity contribution in [3.8, 4) is 56.7 Å². The van der Waals surface area contributed by atoms with Crippen molar-refractivity contribution in [1.29, 1.82) is 0 Å². The fourth-order valence-electron chi connectivity index (χ4n) is 6.77. The molecule has 7 aromatic carbocycles. The van der Waals surface area contributed by atoms with Gasteiger partial charge in [0.1, 0.15) is 16.7 Å². The van der Waals surface area contributed by atoms with E-state index in [1.54, 1.807) is 0 Å². The van der Waals surface area contributed by atoms with Gasteiger partial charge in [-0.15, -0.1) is 0 Å². The number of aromatic nitrogens is 4. The van der Waals surface area contributed by atoms with Gasteiger partial charge in [-0.1, -0.05) is 127 Å². The van der Waals surface area contributed by atoms with E-state index in [0.29, 0.717) is 28.9 Å². The van der Waals surface area contributed by atoms with Crippen LogP contribution in [0.15, 0.2) is 167 Å². The van der Waals surface area contributed by atoms with Gasteiger partial charge in [-0.25, -0.2) is 19.9 Å². The highest BCUT2D eigenvalue weighted by molar-refractivity contribution is 6.19. The van der Waals surface area contributed by atoms with Crippen molar-refractivity contribution in [2.24, 2.45) is 0 Å². The maximum absolute atomic E-state index is 6.64. The van der Waals surface area contributed by atoms with Gasteiger partial charge in [0.15, 0.2) is 23.1 Å². The van der Waals surface area contributed by atoms with Crippen molar-refractivity contribution < 1.29 is 8.83 Å². The molecule has 0 atom stereocenters. The molecule has 0 amide bonds. The third-order valence-electron chi connectivity index (χ3n) is 9.17. The van der Waals surface area contributed by atoms with Gasteiger partial charge in [0.05, 0.1) is 5.39 Å². The number of fused-ring (bicyclic) bond motifs is 6. The van der Waals surface area contributed by atoms with Gasteiger partial charge >= 0.3 is 0 Å². The molecule has 0 saturated heterocycles. The van der Waals surface area contributed by atoms with Crippen molar-refractivity contribution in [2.75, 3.05) is 0 Å². The summed E-state index contributed by atoms with van der Waals surface area (Å²) in [5.74, 6) is 2.38. The van der Waals surface area contributed by atoms with Crippen LogP contribution in [0.1, 0.15) is 0 Å². The number of nitrogens with zero attached hydrogens (tertiary/aromatic N) is 4. The minimum atomic E-state index is 0.579. The van der Waals surface area contributed by atoms with E-state index in [-0.39, 0.29) is 0 Å². The van der Waals surface area contributed by atoms with Gasteiger partial charge in [0.2, 0.25) is 5.89 Å². The number of hydrogen-bond donors (Lipinski definition) is 0. The first-order valence-corrected chi connectivity index (χ1v) is 16.5. The molecule has 0 N–H and O–H groups in total. The summed E-state index contributed by atoms with van der Waals surface area (Å²) in [5, 5.41) is 4.18. The summed E-state index contributed by atoms with van der Waals surface area (Å²) in [5.41, 5.74) is 8.52. The van der Waals surface area contributed by atoms with Crippen molar-refractivity contribution in [3.05, 3.63) is 158 Å². The van der Waals surface area contributed by atoms with E-state index in [1.807, 2.05) is 97.1 Å². The topological polar surface area (TPSA) is 77.8 Å². The van der Waals surface area contributed by atoms with Gasteiger partial charge in [0.25, 0.3) is 0 Å². The lowest BCUT2D eigenvalue weighted by atomic mass is 9.97. The van der Waals surface area contributed by atoms with E-state index in [2.05, 4.69) is 60.7 Å². The maximum Gasteiger partial charge on any atom is 0.227 e. The zero-order valence-corrected chi connectivity index (χ0v) is 26.6. The molecule has 6 nitrogen and oxygen atoms in total. The minimum absolute atomic E-state index is 0.579. The fourth-order valence-corrected chi connectivity index (χ4v) is 6.77. The van der Waals surface area contributed by atoms with Gasteiger partial charge in [0, 0.05) is 33.2 Å². The largest absolute Gasteiger partial charge is 0.455 e. The average Bonchev–Trinajstić information content (AvgIpc) is 3.80. The Bertz CT molecular complexity index is 2880. The highest BCUT2D eigenvalue weighted by Gasteiger charge is 2.21. The zero-order chi connectivity index (χ0) is 33.0. The highest BCUT2D eigenvalue weighted by Crippen LogP contribution is 2.42. The van der Waals surface area contributed by atoms with Crippen LogP contribution in [-0.4, -0.2) is 19.9 Å². The second kappa shape index (κ2) is 11.4. The molecule has 10 aromatic rings. The van der Waals surface area contributed by atoms with E-state index < -0.39 is 0 Å². The Morgan fingerprint density at radius 2 is 1.02 bits per heavy atom.